The summed E-state index contributed by atoms with van der Waals surface area (Å²) in [4.78, 5) is 15.0. The van der Waals surface area contributed by atoms with Crippen LogP contribution in [0.15, 0.2) is 194 Å². The molecule has 0 N–H and O–H groups in total. The van der Waals surface area contributed by atoms with Crippen molar-refractivity contribution in [1.82, 2.24) is 19.5 Å². The molecule has 0 atom stereocenters. The van der Waals surface area contributed by atoms with E-state index in [4.69, 9.17) is 23.2 Å². The van der Waals surface area contributed by atoms with Gasteiger partial charge in [0.05, 0.1) is 27.7 Å². The molecule has 0 aliphatic rings. The van der Waals surface area contributed by atoms with E-state index in [1.807, 2.05) is 103 Å². The van der Waals surface area contributed by atoms with Gasteiger partial charge in [-0.05, 0) is 64.7 Å². The fourth-order valence-corrected chi connectivity index (χ4v) is 8.65. The zero-order valence-electron chi connectivity index (χ0n) is 37.6. The Morgan fingerprint density at radius 3 is 1.62 bits per heavy atom. The molecule has 262 valence electrons. The Hall–Kier alpha value is -7.21. The highest BCUT2D eigenvalue weighted by Gasteiger charge is 2.21. The number of benzene rings is 8. The van der Waals surface area contributed by atoms with Crippen molar-refractivity contribution in [2.45, 2.75) is 0 Å². The van der Waals surface area contributed by atoms with E-state index < -0.39 is 48.3 Å². The van der Waals surface area contributed by atoms with Crippen molar-refractivity contribution in [1.29, 1.82) is 0 Å². The molecule has 0 saturated heterocycles. The van der Waals surface area contributed by atoms with Crippen LogP contribution < -0.4 is 0 Å². The molecule has 11 aromatic rings. The van der Waals surface area contributed by atoms with Crippen molar-refractivity contribution in [3.05, 3.63) is 194 Å². The first-order valence-corrected chi connectivity index (χ1v) is 18.9. The Bertz CT molecular complexity index is 3570. The number of thiophene rings is 1. The van der Waals surface area contributed by atoms with Crippen LogP contribution in [-0.2, 0) is 0 Å². The highest BCUT2D eigenvalue weighted by atomic mass is 32.1. The summed E-state index contributed by atoms with van der Waals surface area (Å²) in [5.74, 6) is 1.04. The summed E-state index contributed by atoms with van der Waals surface area (Å²) in [6.07, 6.45) is 0. The van der Waals surface area contributed by atoms with E-state index >= 15 is 0 Å². The quantitative estimate of drug-likeness (QED) is 0.170. The smallest absolute Gasteiger partial charge is 0.166 e. The van der Waals surface area contributed by atoms with Crippen LogP contribution in [0.5, 0.6) is 0 Å². The fourth-order valence-electron chi connectivity index (χ4n) is 7.54. The van der Waals surface area contributed by atoms with Gasteiger partial charge >= 0.3 is 0 Å². The number of fused-ring (bicyclic) bond motifs is 6. The van der Waals surface area contributed by atoms with Gasteiger partial charge < -0.3 is 4.57 Å². The van der Waals surface area contributed by atoms with Crippen molar-refractivity contribution in [3.8, 4) is 62.1 Å². The first-order valence-electron chi connectivity index (χ1n) is 22.1. The summed E-state index contributed by atoms with van der Waals surface area (Å²) < 4.78 is 75.9. The van der Waals surface area contributed by atoms with Gasteiger partial charge in [0.25, 0.3) is 0 Å². The second kappa shape index (κ2) is 13.3. The van der Waals surface area contributed by atoms with Gasteiger partial charge in [-0.3, -0.25) is 0 Å². The molecule has 4 nitrogen and oxygen atoms in total. The minimum atomic E-state index is -0.513. The zero-order chi connectivity index (χ0) is 44.0. The van der Waals surface area contributed by atoms with Gasteiger partial charge in [-0.25, -0.2) is 15.0 Å². The lowest BCUT2D eigenvalue weighted by atomic mass is 9.96. The standard InChI is InChI=1S/C51H32N4S/c1-4-15-33(16-5-1)36-28-30-46-42(31-36)48-38(23-14-26-47(48)56-46)37-27-29-41(45(32-37)55-43-24-12-10-21-39(43)40-22-11-13-25-44(40)55)51-53-49(34-17-6-2-7-18-34)52-50(54-51)35-19-8-3-9-20-35/h1-32H/i10D,11D,12D,13D,21D,22D,24D,25D. The second-order valence-corrected chi connectivity index (χ2v) is 14.5. The van der Waals surface area contributed by atoms with E-state index in [0.29, 0.717) is 22.9 Å². The van der Waals surface area contributed by atoms with Crippen LogP contribution >= 0.6 is 11.3 Å². The van der Waals surface area contributed by atoms with Crippen molar-refractivity contribution < 1.29 is 11.0 Å². The van der Waals surface area contributed by atoms with Crippen LogP contribution in [0.1, 0.15) is 11.0 Å². The average molecular weight is 741 g/mol. The number of hydrogen-bond donors (Lipinski definition) is 0. The monoisotopic (exact) mass is 740 g/mol. The molecule has 0 radical (unpaired) electrons. The number of aromatic nitrogens is 4. The van der Waals surface area contributed by atoms with Crippen LogP contribution in [0, 0.1) is 0 Å². The Morgan fingerprint density at radius 1 is 0.411 bits per heavy atom. The summed E-state index contributed by atoms with van der Waals surface area (Å²) in [6, 6.07) is 44.0. The Balaban J connectivity index is 1.28. The number of hydrogen-bond acceptors (Lipinski definition) is 4. The van der Waals surface area contributed by atoms with Crippen LogP contribution in [0.2, 0.25) is 0 Å². The summed E-state index contributed by atoms with van der Waals surface area (Å²) in [7, 11) is 0. The first-order chi connectivity index (χ1) is 31.1. The lowest BCUT2D eigenvalue weighted by Crippen LogP contribution is -2.04. The van der Waals surface area contributed by atoms with E-state index in [2.05, 4.69) is 42.5 Å². The van der Waals surface area contributed by atoms with Gasteiger partial charge in [0.15, 0.2) is 17.5 Å². The number of para-hydroxylation sites is 2. The maximum atomic E-state index is 9.38. The van der Waals surface area contributed by atoms with Crippen LogP contribution in [0.3, 0.4) is 0 Å². The molecule has 3 aromatic heterocycles. The van der Waals surface area contributed by atoms with Crippen LogP contribution in [0.25, 0.3) is 104 Å². The molecule has 56 heavy (non-hydrogen) atoms. The van der Waals surface area contributed by atoms with E-state index in [9.17, 15) is 2.74 Å². The van der Waals surface area contributed by atoms with Crippen LogP contribution in [0.4, 0.5) is 0 Å². The molecule has 8 aromatic carbocycles. The summed E-state index contributed by atoms with van der Waals surface area (Å²) >= 11 is 1.69. The van der Waals surface area contributed by atoms with Crippen molar-refractivity contribution in [3.63, 3.8) is 0 Å². The van der Waals surface area contributed by atoms with Crippen molar-refractivity contribution in [2.75, 3.05) is 0 Å². The van der Waals surface area contributed by atoms with Gasteiger partial charge in [0.1, 0.15) is 0 Å². The normalized spacial score (nSPS) is 13.6. The average Bonchev–Trinajstić information content (AvgIpc) is 3.91. The zero-order valence-corrected chi connectivity index (χ0v) is 30.4. The third-order valence-electron chi connectivity index (χ3n) is 10.1. The molecule has 0 unspecified atom stereocenters. The largest absolute Gasteiger partial charge is 0.308 e. The van der Waals surface area contributed by atoms with E-state index in [1.165, 1.54) is 0 Å². The molecule has 0 spiro atoms. The highest BCUT2D eigenvalue weighted by molar-refractivity contribution is 7.26. The molecule has 0 amide bonds. The summed E-state index contributed by atoms with van der Waals surface area (Å²) in [5.41, 5.74) is 6.09. The molecule has 3 heterocycles. The van der Waals surface area contributed by atoms with Gasteiger partial charge in [0, 0.05) is 47.6 Å². The molecule has 0 aliphatic heterocycles. The predicted molar refractivity (Wildman–Crippen MR) is 234 cm³/mol. The second-order valence-electron chi connectivity index (χ2n) is 13.4. The van der Waals surface area contributed by atoms with Gasteiger partial charge in [0.2, 0.25) is 0 Å². The predicted octanol–water partition coefficient (Wildman–Crippen LogP) is 13.7. The molecule has 0 saturated carbocycles. The van der Waals surface area contributed by atoms with Crippen LogP contribution in [-0.4, -0.2) is 19.5 Å². The number of rotatable bonds is 6. The minimum absolute atomic E-state index is 0.00119. The third kappa shape index (κ3) is 5.40. The molecule has 0 fully saturated rings. The highest BCUT2D eigenvalue weighted by Crippen LogP contribution is 2.44. The molecule has 0 bridgehead atoms. The molecule has 0 aliphatic carbocycles. The lowest BCUT2D eigenvalue weighted by Gasteiger charge is -2.17. The maximum Gasteiger partial charge on any atom is 0.166 e. The molecular weight excluding hydrogens is 701 g/mol. The third-order valence-corrected chi connectivity index (χ3v) is 11.3. The van der Waals surface area contributed by atoms with Gasteiger partial charge in [-0.2, -0.15) is 0 Å². The lowest BCUT2D eigenvalue weighted by molar-refractivity contribution is 1.06. The van der Waals surface area contributed by atoms with E-state index in [0.717, 1.165) is 53.6 Å². The molecule has 11 rings (SSSR count). The Kier molecular flexibility index (Phi) is 5.92. The minimum Gasteiger partial charge on any atom is -0.308 e. The van der Waals surface area contributed by atoms with Gasteiger partial charge in [-0.15, -0.1) is 11.3 Å². The molecular formula is C51H32N4S. The summed E-state index contributed by atoms with van der Waals surface area (Å²) in [5, 5.41) is 2.06. The van der Waals surface area contributed by atoms with E-state index in [1.54, 1.807) is 15.9 Å². The summed E-state index contributed by atoms with van der Waals surface area (Å²) in [6.45, 7) is 0. The number of nitrogens with zero attached hydrogens (tertiary/aromatic N) is 4. The Labute approximate surface area is 338 Å². The van der Waals surface area contributed by atoms with Gasteiger partial charge in [-0.1, -0.05) is 152 Å². The van der Waals surface area contributed by atoms with E-state index in [-0.39, 0.29) is 27.6 Å². The van der Waals surface area contributed by atoms with Crippen molar-refractivity contribution >= 4 is 53.3 Å². The fraction of sp³-hybridized carbons (Fsp3) is 0. The maximum absolute atomic E-state index is 9.38. The van der Waals surface area contributed by atoms with Crippen molar-refractivity contribution in [2.24, 2.45) is 0 Å². The Morgan fingerprint density at radius 2 is 0.982 bits per heavy atom. The SMILES string of the molecule is [2H]c1c([2H])c([2H])c2c(c1[2H])c1c([2H])c([2H])c([2H])c([2H])c1n2-c1cc(-c2cccc3sc4ccc(-c5ccccc5)cc4c23)ccc1-c1nc(-c2ccccc2)nc(-c2ccccc2)n1. The molecule has 5 heteroatoms. The topological polar surface area (TPSA) is 43.6 Å². The first kappa shape index (κ1) is 25.0.